The minimum absolute atomic E-state index is 0.191. The summed E-state index contributed by atoms with van der Waals surface area (Å²) in [6, 6.07) is 5.22. The van der Waals surface area contributed by atoms with Crippen molar-refractivity contribution >= 4 is 11.6 Å². The van der Waals surface area contributed by atoms with Crippen LogP contribution in [0, 0.1) is 11.7 Å². The van der Waals surface area contributed by atoms with Crippen LogP contribution in [-0.2, 0) is 6.42 Å². The van der Waals surface area contributed by atoms with Gasteiger partial charge >= 0.3 is 0 Å². The van der Waals surface area contributed by atoms with E-state index in [0.29, 0.717) is 23.0 Å². The van der Waals surface area contributed by atoms with E-state index in [9.17, 15) is 4.39 Å². The molecule has 1 atom stereocenters. The van der Waals surface area contributed by atoms with E-state index in [4.69, 9.17) is 11.6 Å². The zero-order valence-corrected chi connectivity index (χ0v) is 10.9. The molecule has 1 aromatic carbocycles. The smallest absolute Gasteiger partial charge is 0.127 e. The predicted octanol–water partition coefficient (Wildman–Crippen LogP) is 3.80. The molecule has 1 fully saturated rings. The number of halogens is 2. The predicted molar refractivity (Wildman–Crippen MR) is 69.9 cm³/mol. The van der Waals surface area contributed by atoms with E-state index in [-0.39, 0.29) is 5.82 Å². The molecule has 0 amide bonds. The summed E-state index contributed by atoms with van der Waals surface area (Å²) >= 11 is 6.04. The second kappa shape index (κ2) is 5.83. The van der Waals surface area contributed by atoms with Crippen LogP contribution in [0.3, 0.4) is 0 Å². The molecule has 1 aliphatic rings. The molecule has 0 aromatic heterocycles. The molecule has 0 heterocycles. The van der Waals surface area contributed by atoms with Gasteiger partial charge in [0.2, 0.25) is 0 Å². The Morgan fingerprint density at radius 1 is 1.47 bits per heavy atom. The molecule has 0 bridgehead atoms. The van der Waals surface area contributed by atoms with E-state index < -0.39 is 0 Å². The first-order valence-corrected chi connectivity index (χ1v) is 6.68. The highest BCUT2D eigenvalue weighted by atomic mass is 35.5. The lowest BCUT2D eigenvalue weighted by Gasteiger charge is -2.17. The van der Waals surface area contributed by atoms with Crippen LogP contribution in [0.1, 0.15) is 31.2 Å². The molecule has 1 N–H and O–H groups in total. The number of nitrogens with one attached hydrogen (secondary N) is 1. The van der Waals surface area contributed by atoms with Gasteiger partial charge in [-0.3, -0.25) is 0 Å². The Hall–Kier alpha value is -0.600. The summed E-state index contributed by atoms with van der Waals surface area (Å²) in [6.45, 7) is 0. The summed E-state index contributed by atoms with van der Waals surface area (Å²) in [6.07, 6.45) is 5.77. The lowest BCUT2D eigenvalue weighted by molar-refractivity contribution is 0.475. The lowest BCUT2D eigenvalue weighted by Crippen LogP contribution is -2.28. The first-order chi connectivity index (χ1) is 8.20. The maximum absolute atomic E-state index is 13.6. The summed E-state index contributed by atoms with van der Waals surface area (Å²) in [5.74, 6) is 0.728. The Morgan fingerprint density at radius 3 is 2.82 bits per heavy atom. The summed E-state index contributed by atoms with van der Waals surface area (Å²) in [4.78, 5) is 0. The van der Waals surface area contributed by atoms with E-state index in [0.717, 1.165) is 12.3 Å². The monoisotopic (exact) mass is 255 g/mol. The highest BCUT2D eigenvalue weighted by molar-refractivity contribution is 6.31. The standard InChI is InChI=1S/C14H19ClFN/c1-17-11(8-7-10-5-6-10)9-12-13(15)3-2-4-14(12)16/h2-4,10-11,17H,5-9H2,1H3. The topological polar surface area (TPSA) is 12.0 Å². The number of hydrogen-bond donors (Lipinski definition) is 1. The van der Waals surface area contributed by atoms with Crippen LogP contribution in [0.15, 0.2) is 18.2 Å². The van der Waals surface area contributed by atoms with Crippen molar-refractivity contribution in [1.82, 2.24) is 5.32 Å². The highest BCUT2D eigenvalue weighted by Crippen LogP contribution is 2.34. The van der Waals surface area contributed by atoms with Crippen LogP contribution in [0.4, 0.5) is 4.39 Å². The average Bonchev–Trinajstić information content (AvgIpc) is 3.12. The van der Waals surface area contributed by atoms with Crippen molar-refractivity contribution in [2.45, 2.75) is 38.1 Å². The van der Waals surface area contributed by atoms with E-state index >= 15 is 0 Å². The Balaban J connectivity index is 1.96. The third-order valence-electron chi connectivity index (χ3n) is 3.54. The summed E-state index contributed by atoms with van der Waals surface area (Å²) in [5, 5.41) is 3.80. The fraction of sp³-hybridized carbons (Fsp3) is 0.571. The maximum atomic E-state index is 13.6. The van der Waals surface area contributed by atoms with Gasteiger partial charge in [0.25, 0.3) is 0 Å². The molecule has 1 aromatic rings. The Labute approximate surface area is 107 Å². The van der Waals surface area contributed by atoms with Crippen molar-refractivity contribution in [2.75, 3.05) is 7.05 Å². The third-order valence-corrected chi connectivity index (χ3v) is 3.89. The number of hydrogen-bond acceptors (Lipinski definition) is 1. The van der Waals surface area contributed by atoms with E-state index in [1.807, 2.05) is 7.05 Å². The molecule has 0 aliphatic heterocycles. The van der Waals surface area contributed by atoms with Crippen molar-refractivity contribution < 1.29 is 4.39 Å². The van der Waals surface area contributed by atoms with Crippen molar-refractivity contribution in [3.05, 3.63) is 34.6 Å². The lowest BCUT2D eigenvalue weighted by atomic mass is 10.00. The minimum Gasteiger partial charge on any atom is -0.317 e. The van der Waals surface area contributed by atoms with Crippen LogP contribution in [0.5, 0.6) is 0 Å². The quantitative estimate of drug-likeness (QED) is 0.815. The van der Waals surface area contributed by atoms with Crippen molar-refractivity contribution in [2.24, 2.45) is 5.92 Å². The molecule has 1 nitrogen and oxygen atoms in total. The van der Waals surface area contributed by atoms with Gasteiger partial charge in [-0.15, -0.1) is 0 Å². The molecule has 1 saturated carbocycles. The second-order valence-corrected chi connectivity index (χ2v) is 5.32. The third kappa shape index (κ3) is 3.68. The molecule has 1 unspecified atom stereocenters. The van der Waals surface area contributed by atoms with E-state index in [1.54, 1.807) is 12.1 Å². The first kappa shape index (κ1) is 12.8. The molecule has 0 saturated heterocycles. The number of rotatable bonds is 6. The first-order valence-electron chi connectivity index (χ1n) is 6.31. The Kier molecular flexibility index (Phi) is 4.41. The summed E-state index contributed by atoms with van der Waals surface area (Å²) < 4.78 is 13.6. The van der Waals surface area contributed by atoms with Gasteiger partial charge in [0.05, 0.1) is 0 Å². The molecule has 2 rings (SSSR count). The number of likely N-dealkylation sites (N-methyl/N-ethyl adjacent to an activating group) is 1. The Bertz CT molecular complexity index is 356. The minimum atomic E-state index is -0.191. The zero-order valence-electron chi connectivity index (χ0n) is 10.2. The van der Waals surface area contributed by atoms with Gasteiger partial charge < -0.3 is 5.32 Å². The van der Waals surface area contributed by atoms with Gasteiger partial charge in [-0.2, -0.15) is 0 Å². The molecule has 0 radical (unpaired) electrons. The highest BCUT2D eigenvalue weighted by Gasteiger charge is 2.22. The largest absolute Gasteiger partial charge is 0.317 e. The van der Waals surface area contributed by atoms with E-state index in [2.05, 4.69) is 5.32 Å². The van der Waals surface area contributed by atoms with Crippen molar-refractivity contribution in [3.8, 4) is 0 Å². The molecular formula is C14H19ClFN. The number of benzene rings is 1. The van der Waals surface area contributed by atoms with E-state index in [1.165, 1.54) is 25.3 Å². The summed E-state index contributed by atoms with van der Waals surface area (Å²) in [5.41, 5.74) is 0.643. The van der Waals surface area contributed by atoms with Gasteiger partial charge in [-0.1, -0.05) is 30.5 Å². The maximum Gasteiger partial charge on any atom is 0.127 e. The molecule has 3 heteroatoms. The molecule has 94 valence electrons. The fourth-order valence-corrected chi connectivity index (χ4v) is 2.41. The van der Waals surface area contributed by atoms with Crippen molar-refractivity contribution in [1.29, 1.82) is 0 Å². The second-order valence-electron chi connectivity index (χ2n) is 4.91. The molecular weight excluding hydrogens is 237 g/mol. The normalized spacial score (nSPS) is 17.1. The average molecular weight is 256 g/mol. The van der Waals surface area contributed by atoms with Gasteiger partial charge in [0, 0.05) is 16.6 Å². The Morgan fingerprint density at radius 2 is 2.24 bits per heavy atom. The van der Waals surface area contributed by atoms with Crippen LogP contribution in [0.2, 0.25) is 5.02 Å². The summed E-state index contributed by atoms with van der Waals surface area (Å²) in [7, 11) is 1.94. The van der Waals surface area contributed by atoms with Crippen LogP contribution in [-0.4, -0.2) is 13.1 Å². The van der Waals surface area contributed by atoms with Gasteiger partial charge in [0.15, 0.2) is 0 Å². The molecule has 1 aliphatic carbocycles. The molecule has 0 spiro atoms. The van der Waals surface area contributed by atoms with Gasteiger partial charge in [-0.25, -0.2) is 4.39 Å². The van der Waals surface area contributed by atoms with Crippen molar-refractivity contribution in [3.63, 3.8) is 0 Å². The van der Waals surface area contributed by atoms with Crippen LogP contribution in [0.25, 0.3) is 0 Å². The molecule has 17 heavy (non-hydrogen) atoms. The zero-order chi connectivity index (χ0) is 12.3. The van der Waals surface area contributed by atoms with Crippen LogP contribution < -0.4 is 5.32 Å². The van der Waals surface area contributed by atoms with Crippen LogP contribution >= 0.6 is 11.6 Å². The SMILES string of the molecule is CNC(CCC1CC1)Cc1c(F)cccc1Cl. The fourth-order valence-electron chi connectivity index (χ4n) is 2.17. The van der Waals surface area contributed by atoms with Gasteiger partial charge in [0.1, 0.15) is 5.82 Å². The van der Waals surface area contributed by atoms with Gasteiger partial charge in [-0.05, 0) is 44.4 Å².